The predicted molar refractivity (Wildman–Crippen MR) is 127 cm³/mol. The Morgan fingerprint density at radius 1 is 1.09 bits per heavy atom. The maximum Gasteiger partial charge on any atom is 0.321 e. The summed E-state index contributed by atoms with van der Waals surface area (Å²) in [5, 5.41) is 4.95. The molecule has 9 heteroatoms. The molecule has 0 bridgehead atoms. The first-order valence-corrected chi connectivity index (χ1v) is 11.2. The second-order valence-corrected chi connectivity index (χ2v) is 8.57. The zero-order valence-electron chi connectivity index (χ0n) is 18.4. The number of para-hydroxylation sites is 1. The summed E-state index contributed by atoms with van der Waals surface area (Å²) >= 11 is 1.16. The lowest BCUT2D eigenvalue weighted by molar-refractivity contribution is -0.119. The van der Waals surface area contributed by atoms with Crippen molar-refractivity contribution in [2.75, 3.05) is 27.7 Å². The summed E-state index contributed by atoms with van der Waals surface area (Å²) in [5.74, 6) is -0.484. The lowest BCUT2D eigenvalue weighted by Gasteiger charge is -2.19. The van der Waals surface area contributed by atoms with Gasteiger partial charge in [0.15, 0.2) is 5.16 Å². The fourth-order valence-corrected chi connectivity index (χ4v) is 4.35. The molecule has 0 saturated carbocycles. The van der Waals surface area contributed by atoms with E-state index in [4.69, 9.17) is 4.98 Å². The van der Waals surface area contributed by atoms with E-state index in [0.717, 1.165) is 24.7 Å². The van der Waals surface area contributed by atoms with Gasteiger partial charge in [-0.3, -0.25) is 19.5 Å². The van der Waals surface area contributed by atoms with Gasteiger partial charge in [-0.15, -0.1) is 0 Å². The smallest absolute Gasteiger partial charge is 0.321 e. The Kier molecular flexibility index (Phi) is 8.02. The molecule has 0 saturated heterocycles. The molecule has 0 fully saturated rings. The van der Waals surface area contributed by atoms with Crippen LogP contribution in [0.15, 0.2) is 64.5 Å². The van der Waals surface area contributed by atoms with E-state index in [1.165, 1.54) is 7.05 Å². The van der Waals surface area contributed by atoms with Crippen LogP contribution in [-0.4, -0.2) is 54.1 Å². The van der Waals surface area contributed by atoms with Gasteiger partial charge in [0.2, 0.25) is 5.91 Å². The molecule has 0 aliphatic heterocycles. The molecule has 8 nitrogen and oxygen atoms in total. The molecule has 0 unspecified atom stereocenters. The van der Waals surface area contributed by atoms with Crippen molar-refractivity contribution in [3.05, 3.63) is 70.5 Å². The van der Waals surface area contributed by atoms with E-state index in [-0.39, 0.29) is 5.56 Å². The summed E-state index contributed by atoms with van der Waals surface area (Å²) in [4.78, 5) is 44.8. The number of benzene rings is 2. The van der Waals surface area contributed by atoms with E-state index >= 15 is 0 Å². The number of rotatable bonds is 8. The van der Waals surface area contributed by atoms with Gasteiger partial charge >= 0.3 is 6.03 Å². The summed E-state index contributed by atoms with van der Waals surface area (Å²) < 4.78 is 1.62. The number of hydrogen-bond acceptors (Lipinski definition) is 6. The molecule has 3 amide bonds. The molecular formula is C23H27N5O3S. The molecule has 0 radical (unpaired) electrons. The molecular weight excluding hydrogens is 426 g/mol. The molecule has 0 spiro atoms. The molecule has 1 aromatic heterocycles. The lowest BCUT2D eigenvalue weighted by Crippen LogP contribution is -2.39. The minimum absolute atomic E-state index is 0.143. The van der Waals surface area contributed by atoms with Crippen LogP contribution in [0.5, 0.6) is 0 Å². The fraction of sp³-hybridized carbons (Fsp3) is 0.304. The van der Waals surface area contributed by atoms with E-state index in [0.29, 0.717) is 28.2 Å². The Morgan fingerprint density at radius 2 is 1.78 bits per heavy atom. The summed E-state index contributed by atoms with van der Waals surface area (Å²) in [6.45, 7) is 1.28. The number of carbonyl (C=O) groups is 2. The van der Waals surface area contributed by atoms with Crippen LogP contribution in [0.3, 0.4) is 0 Å². The summed E-state index contributed by atoms with van der Waals surface area (Å²) in [6, 6.07) is 15.7. The summed E-state index contributed by atoms with van der Waals surface area (Å²) in [5.41, 5.74) is 1.14. The molecule has 0 aliphatic carbocycles. The number of nitrogens with one attached hydrogen (secondary N) is 2. The second-order valence-electron chi connectivity index (χ2n) is 7.50. The predicted octanol–water partition coefficient (Wildman–Crippen LogP) is 2.64. The van der Waals surface area contributed by atoms with E-state index in [1.807, 2.05) is 56.6 Å². The van der Waals surface area contributed by atoms with Gasteiger partial charge in [0, 0.05) is 13.6 Å². The van der Waals surface area contributed by atoms with Crippen LogP contribution in [0.4, 0.5) is 4.79 Å². The van der Waals surface area contributed by atoms with Crippen molar-refractivity contribution in [1.29, 1.82) is 0 Å². The third-order valence-electron chi connectivity index (χ3n) is 4.84. The number of fused-ring (bicyclic) bond motifs is 1. The highest BCUT2D eigenvalue weighted by Crippen LogP contribution is 2.34. The highest BCUT2D eigenvalue weighted by Gasteiger charge is 2.26. The summed E-state index contributed by atoms with van der Waals surface area (Å²) in [6.07, 6.45) is 0.751. The Bertz CT molecular complexity index is 1150. The number of nitrogens with zero attached hydrogens (tertiary/aromatic N) is 3. The van der Waals surface area contributed by atoms with Crippen molar-refractivity contribution in [1.82, 2.24) is 25.1 Å². The van der Waals surface area contributed by atoms with Gasteiger partial charge in [0.05, 0.1) is 10.9 Å². The van der Waals surface area contributed by atoms with E-state index in [9.17, 15) is 14.4 Å². The molecule has 1 atom stereocenters. The number of imide groups is 1. The van der Waals surface area contributed by atoms with Crippen molar-refractivity contribution in [3.63, 3.8) is 0 Å². The fourth-order valence-electron chi connectivity index (χ4n) is 3.23. The average Bonchev–Trinajstić information content (AvgIpc) is 2.79. The van der Waals surface area contributed by atoms with Crippen LogP contribution >= 0.6 is 11.8 Å². The van der Waals surface area contributed by atoms with Crippen molar-refractivity contribution in [2.45, 2.75) is 23.4 Å². The van der Waals surface area contributed by atoms with Gasteiger partial charge in [-0.25, -0.2) is 9.78 Å². The Balaban J connectivity index is 2.04. The normalized spacial score (nSPS) is 12.0. The van der Waals surface area contributed by atoms with Gasteiger partial charge in [-0.2, -0.15) is 0 Å². The molecule has 1 heterocycles. The van der Waals surface area contributed by atoms with Gasteiger partial charge in [0.1, 0.15) is 5.25 Å². The first kappa shape index (κ1) is 23.5. The monoisotopic (exact) mass is 453 g/mol. The standard InChI is InChI=1S/C23H27N5O3S/c1-24-22(31)26-20(29)19(16-10-5-4-6-11-16)32-23-25-18-13-8-7-12-17(18)21(30)28(23)15-9-14-27(2)3/h4-8,10-13,19H,9,14-15H2,1-3H3,(H2,24,26,29,31)/t19-/m0/s1. The molecule has 32 heavy (non-hydrogen) atoms. The minimum Gasteiger partial charge on any atom is -0.341 e. The van der Waals surface area contributed by atoms with Gasteiger partial charge in [0.25, 0.3) is 5.56 Å². The molecule has 0 aliphatic rings. The molecule has 2 N–H and O–H groups in total. The SMILES string of the molecule is CNC(=O)NC(=O)[C@@H](Sc1nc2ccccc2c(=O)n1CCCN(C)C)c1ccccc1. The van der Waals surface area contributed by atoms with Crippen LogP contribution < -0.4 is 16.2 Å². The van der Waals surface area contributed by atoms with Gasteiger partial charge in [-0.1, -0.05) is 54.2 Å². The largest absolute Gasteiger partial charge is 0.341 e. The van der Waals surface area contributed by atoms with Crippen molar-refractivity contribution >= 4 is 34.6 Å². The number of urea groups is 1. The first-order chi connectivity index (χ1) is 15.4. The van der Waals surface area contributed by atoms with E-state index in [2.05, 4.69) is 15.5 Å². The Morgan fingerprint density at radius 3 is 2.47 bits per heavy atom. The molecule has 168 valence electrons. The average molecular weight is 454 g/mol. The van der Waals surface area contributed by atoms with Crippen molar-refractivity contribution in [3.8, 4) is 0 Å². The van der Waals surface area contributed by atoms with Gasteiger partial charge < -0.3 is 10.2 Å². The Hall–Kier alpha value is -3.17. The summed E-state index contributed by atoms with van der Waals surface area (Å²) in [7, 11) is 5.40. The number of carbonyl (C=O) groups excluding carboxylic acids is 2. The van der Waals surface area contributed by atoms with Crippen molar-refractivity contribution < 1.29 is 9.59 Å². The zero-order chi connectivity index (χ0) is 23.1. The second kappa shape index (κ2) is 10.9. The zero-order valence-corrected chi connectivity index (χ0v) is 19.2. The number of hydrogen-bond donors (Lipinski definition) is 2. The Labute approximate surface area is 191 Å². The third kappa shape index (κ3) is 5.74. The highest BCUT2D eigenvalue weighted by molar-refractivity contribution is 8.00. The maximum atomic E-state index is 13.3. The molecule has 3 aromatic rings. The quantitative estimate of drug-likeness (QED) is 0.402. The van der Waals surface area contributed by atoms with E-state index < -0.39 is 17.2 Å². The number of amides is 3. The lowest BCUT2D eigenvalue weighted by atomic mass is 10.1. The number of thioether (sulfide) groups is 1. The van der Waals surface area contributed by atoms with Crippen LogP contribution in [0.25, 0.3) is 10.9 Å². The topological polar surface area (TPSA) is 96.3 Å². The van der Waals surface area contributed by atoms with E-state index in [1.54, 1.807) is 16.7 Å². The maximum absolute atomic E-state index is 13.3. The molecule has 2 aromatic carbocycles. The molecule has 3 rings (SSSR count). The third-order valence-corrected chi connectivity index (χ3v) is 6.09. The van der Waals surface area contributed by atoms with Crippen LogP contribution in [-0.2, 0) is 11.3 Å². The minimum atomic E-state index is -0.762. The van der Waals surface area contributed by atoms with Crippen LogP contribution in [0.2, 0.25) is 0 Å². The van der Waals surface area contributed by atoms with Crippen LogP contribution in [0.1, 0.15) is 17.2 Å². The first-order valence-electron chi connectivity index (χ1n) is 10.3. The van der Waals surface area contributed by atoms with Crippen molar-refractivity contribution in [2.24, 2.45) is 0 Å². The number of aromatic nitrogens is 2. The van der Waals surface area contributed by atoms with Crippen LogP contribution in [0, 0.1) is 0 Å². The van der Waals surface area contributed by atoms with Gasteiger partial charge in [-0.05, 0) is 44.8 Å². The highest BCUT2D eigenvalue weighted by atomic mass is 32.2.